The molecule has 2 aromatic rings. The van der Waals surface area contributed by atoms with Gasteiger partial charge >= 0.3 is 0 Å². The van der Waals surface area contributed by atoms with Gasteiger partial charge < -0.3 is 5.32 Å². The highest BCUT2D eigenvalue weighted by atomic mass is 35.5. The van der Waals surface area contributed by atoms with Crippen molar-refractivity contribution in [2.24, 2.45) is 0 Å². The van der Waals surface area contributed by atoms with E-state index >= 15 is 0 Å². The minimum Gasteiger partial charge on any atom is -0.319 e. The molecule has 3 rings (SSSR count). The summed E-state index contributed by atoms with van der Waals surface area (Å²) in [5.41, 5.74) is 1.96. The molecule has 1 aliphatic rings. The number of pyridine rings is 1. The van der Waals surface area contributed by atoms with Crippen LogP contribution in [0.1, 0.15) is 29.3 Å². The normalized spacial score (nSPS) is 18.1. The summed E-state index contributed by atoms with van der Waals surface area (Å²) in [6.45, 7) is 0.970. The maximum Gasteiger partial charge on any atom is 0.143 e. The van der Waals surface area contributed by atoms with Gasteiger partial charge in [-0.3, -0.25) is 4.98 Å². The fourth-order valence-corrected chi connectivity index (χ4v) is 4.35. The lowest BCUT2D eigenvalue weighted by Crippen LogP contribution is -2.20. The first-order valence-corrected chi connectivity index (χ1v) is 8.22. The number of nitrogens with zero attached hydrogens (tertiary/aromatic N) is 2. The summed E-state index contributed by atoms with van der Waals surface area (Å²) in [5, 5.41) is 5.27. The van der Waals surface area contributed by atoms with Crippen LogP contribution in [0.3, 0.4) is 0 Å². The van der Waals surface area contributed by atoms with Crippen LogP contribution >= 0.6 is 34.5 Å². The smallest absolute Gasteiger partial charge is 0.143 e. The Balaban J connectivity index is 2.00. The van der Waals surface area contributed by atoms with E-state index in [-0.39, 0.29) is 0 Å². The molecule has 0 spiro atoms. The molecule has 0 saturated heterocycles. The first kappa shape index (κ1) is 14.3. The number of thiazole rings is 1. The van der Waals surface area contributed by atoms with Gasteiger partial charge in [0, 0.05) is 23.5 Å². The van der Waals surface area contributed by atoms with Crippen molar-refractivity contribution >= 4 is 34.5 Å². The molecule has 6 heteroatoms. The fraction of sp³-hybridized carbons (Fsp3) is 0.429. The molecule has 2 aromatic heterocycles. The number of hydrogen-bond donors (Lipinski definition) is 1. The molecule has 0 radical (unpaired) electrons. The van der Waals surface area contributed by atoms with Crippen molar-refractivity contribution in [3.05, 3.63) is 32.9 Å². The number of fused-ring (bicyclic) bond motifs is 1. The zero-order chi connectivity index (χ0) is 14.1. The maximum atomic E-state index is 6.23. The minimum absolute atomic E-state index is 0.500. The van der Waals surface area contributed by atoms with E-state index < -0.39 is 0 Å². The first-order valence-electron chi connectivity index (χ1n) is 6.64. The van der Waals surface area contributed by atoms with Gasteiger partial charge in [0.1, 0.15) is 10.7 Å². The highest BCUT2D eigenvalue weighted by Crippen LogP contribution is 2.39. The quantitative estimate of drug-likeness (QED) is 0.920. The lowest BCUT2D eigenvalue weighted by atomic mass is 9.91. The van der Waals surface area contributed by atoms with E-state index in [9.17, 15) is 0 Å². The van der Waals surface area contributed by atoms with Gasteiger partial charge in [0.2, 0.25) is 0 Å². The standard InChI is InChI=1S/C14H15Cl2N3S/c1-17-6-8-3-2-4-11-12(8)19-14(20-11)13-10(16)5-9(15)7-18-13/h5,7-8,17H,2-4,6H2,1H3. The van der Waals surface area contributed by atoms with Crippen molar-refractivity contribution in [2.45, 2.75) is 25.2 Å². The average Bonchev–Trinajstić information content (AvgIpc) is 2.83. The molecule has 1 unspecified atom stereocenters. The van der Waals surface area contributed by atoms with E-state index in [1.165, 1.54) is 23.4 Å². The Bertz CT molecular complexity index is 627. The predicted molar refractivity (Wildman–Crippen MR) is 85.0 cm³/mol. The number of nitrogens with one attached hydrogen (secondary N) is 1. The highest BCUT2D eigenvalue weighted by Gasteiger charge is 2.25. The van der Waals surface area contributed by atoms with Gasteiger partial charge in [0.25, 0.3) is 0 Å². The van der Waals surface area contributed by atoms with Gasteiger partial charge in [-0.05, 0) is 32.4 Å². The van der Waals surface area contributed by atoms with Crippen LogP contribution in [-0.4, -0.2) is 23.6 Å². The number of aryl methyl sites for hydroxylation is 1. The van der Waals surface area contributed by atoms with Crippen LogP contribution in [0.25, 0.3) is 10.7 Å². The fourth-order valence-electron chi connectivity index (χ4n) is 2.63. The van der Waals surface area contributed by atoms with Crippen molar-refractivity contribution in [1.29, 1.82) is 0 Å². The summed E-state index contributed by atoms with van der Waals surface area (Å²) in [6.07, 6.45) is 5.15. The average molecular weight is 328 g/mol. The van der Waals surface area contributed by atoms with E-state index in [0.29, 0.717) is 16.0 Å². The zero-order valence-electron chi connectivity index (χ0n) is 11.1. The molecular weight excluding hydrogens is 313 g/mol. The predicted octanol–water partition coefficient (Wildman–Crippen LogP) is 4.15. The molecule has 0 fully saturated rings. The molecule has 20 heavy (non-hydrogen) atoms. The molecule has 0 saturated carbocycles. The number of hydrogen-bond acceptors (Lipinski definition) is 4. The number of aromatic nitrogens is 2. The monoisotopic (exact) mass is 327 g/mol. The van der Waals surface area contributed by atoms with E-state index in [4.69, 9.17) is 28.2 Å². The lowest BCUT2D eigenvalue weighted by Gasteiger charge is -2.20. The second-order valence-electron chi connectivity index (χ2n) is 4.96. The third-order valence-corrected chi connectivity index (χ3v) is 5.16. The Morgan fingerprint density at radius 1 is 1.45 bits per heavy atom. The summed E-state index contributed by atoms with van der Waals surface area (Å²) in [5.74, 6) is 0.500. The third-order valence-electron chi connectivity index (χ3n) is 3.53. The van der Waals surface area contributed by atoms with Gasteiger partial charge in [-0.2, -0.15) is 0 Å². The van der Waals surface area contributed by atoms with Crippen LogP contribution in [-0.2, 0) is 6.42 Å². The van der Waals surface area contributed by atoms with Crippen molar-refractivity contribution in [3.8, 4) is 10.7 Å². The maximum absolute atomic E-state index is 6.23. The highest BCUT2D eigenvalue weighted by molar-refractivity contribution is 7.15. The largest absolute Gasteiger partial charge is 0.319 e. The van der Waals surface area contributed by atoms with Gasteiger partial charge in [-0.25, -0.2) is 4.98 Å². The number of rotatable bonds is 3. The molecule has 0 bridgehead atoms. The van der Waals surface area contributed by atoms with Crippen LogP contribution in [0.2, 0.25) is 10.0 Å². The molecule has 2 heterocycles. The SMILES string of the molecule is CNCC1CCCc2sc(-c3ncc(Cl)cc3Cl)nc21. The van der Waals surface area contributed by atoms with Crippen molar-refractivity contribution in [3.63, 3.8) is 0 Å². The van der Waals surface area contributed by atoms with E-state index in [1.54, 1.807) is 23.6 Å². The lowest BCUT2D eigenvalue weighted by molar-refractivity contribution is 0.523. The van der Waals surface area contributed by atoms with Crippen LogP contribution in [0, 0.1) is 0 Å². The molecule has 1 atom stereocenters. The third kappa shape index (κ3) is 2.70. The Morgan fingerprint density at radius 2 is 2.30 bits per heavy atom. The van der Waals surface area contributed by atoms with Crippen molar-refractivity contribution in [2.75, 3.05) is 13.6 Å². The van der Waals surface area contributed by atoms with Gasteiger partial charge in [0.05, 0.1) is 15.7 Å². The molecule has 0 aliphatic heterocycles. The van der Waals surface area contributed by atoms with Crippen molar-refractivity contribution in [1.82, 2.24) is 15.3 Å². The van der Waals surface area contributed by atoms with Gasteiger partial charge in [-0.15, -0.1) is 11.3 Å². The summed E-state index contributed by atoms with van der Waals surface area (Å²) < 4.78 is 0. The first-order chi connectivity index (χ1) is 9.69. The summed E-state index contributed by atoms with van der Waals surface area (Å²) in [4.78, 5) is 10.5. The molecule has 1 N–H and O–H groups in total. The second-order valence-corrected chi connectivity index (χ2v) is 6.89. The van der Waals surface area contributed by atoms with Crippen LogP contribution in [0.4, 0.5) is 0 Å². The van der Waals surface area contributed by atoms with Crippen LogP contribution in [0.5, 0.6) is 0 Å². The number of halogens is 2. The topological polar surface area (TPSA) is 37.8 Å². The van der Waals surface area contributed by atoms with E-state index in [2.05, 4.69) is 10.3 Å². The van der Waals surface area contributed by atoms with Gasteiger partial charge in [0.15, 0.2) is 0 Å². The molecule has 1 aliphatic carbocycles. The summed E-state index contributed by atoms with van der Waals surface area (Å²) in [7, 11) is 1.99. The molecule has 0 amide bonds. The minimum atomic E-state index is 0.500. The number of likely N-dealkylation sites (N-methyl/N-ethyl adjacent to an activating group) is 1. The summed E-state index contributed by atoms with van der Waals surface area (Å²) in [6, 6.07) is 1.72. The van der Waals surface area contributed by atoms with Crippen molar-refractivity contribution < 1.29 is 0 Å². The Hall–Kier alpha value is -0.680. The molecule has 106 valence electrons. The van der Waals surface area contributed by atoms with Crippen LogP contribution < -0.4 is 5.32 Å². The Kier molecular flexibility index (Phi) is 4.26. The Morgan fingerprint density at radius 3 is 3.05 bits per heavy atom. The molecule has 3 nitrogen and oxygen atoms in total. The molecule has 0 aromatic carbocycles. The molecular formula is C14H15Cl2N3S. The van der Waals surface area contributed by atoms with Crippen LogP contribution in [0.15, 0.2) is 12.3 Å². The second kappa shape index (κ2) is 5.98. The summed E-state index contributed by atoms with van der Waals surface area (Å²) >= 11 is 13.8. The zero-order valence-corrected chi connectivity index (χ0v) is 13.4. The van der Waals surface area contributed by atoms with Gasteiger partial charge in [-0.1, -0.05) is 23.2 Å². The van der Waals surface area contributed by atoms with E-state index in [0.717, 1.165) is 23.7 Å². The Labute approximate surface area is 132 Å². The van der Waals surface area contributed by atoms with E-state index in [1.807, 2.05) is 7.05 Å².